The van der Waals surface area contributed by atoms with Crippen LogP contribution in [-0.4, -0.2) is 17.9 Å². The highest BCUT2D eigenvalue weighted by Gasteiger charge is 2.21. The number of allylic oxidation sites excluding steroid dienone is 2. The van der Waals surface area contributed by atoms with Crippen molar-refractivity contribution in [2.75, 3.05) is 0 Å². The van der Waals surface area contributed by atoms with Gasteiger partial charge in [-0.25, -0.2) is 4.79 Å². The monoisotopic (exact) mass is 274 g/mol. The number of hydrogen-bond donors (Lipinski definition) is 0. The molecule has 1 unspecified atom stereocenters. The molecule has 0 saturated carbocycles. The Morgan fingerprint density at radius 3 is 2.55 bits per heavy atom. The molecule has 3 heteroatoms. The van der Waals surface area contributed by atoms with Gasteiger partial charge in [-0.1, -0.05) is 49.4 Å². The van der Waals surface area contributed by atoms with Gasteiger partial charge < -0.3 is 4.74 Å². The first-order chi connectivity index (χ1) is 9.69. The maximum atomic E-state index is 11.9. The smallest absolute Gasteiger partial charge is 0.379 e. The zero-order chi connectivity index (χ0) is 14.8. The summed E-state index contributed by atoms with van der Waals surface area (Å²) in [6.45, 7) is 3.94. The summed E-state index contributed by atoms with van der Waals surface area (Å²) < 4.78 is 5.28. The second-order valence-electron chi connectivity index (χ2n) is 4.63. The number of carbonyl (C=O) groups is 2. The molecule has 1 rings (SSSR count). The van der Waals surface area contributed by atoms with E-state index in [2.05, 4.69) is 6.08 Å². The lowest BCUT2D eigenvalue weighted by molar-refractivity contribution is -0.143. The molecule has 0 aliphatic heterocycles. The summed E-state index contributed by atoms with van der Waals surface area (Å²) in [6, 6.07) is 8.51. The third-order valence-electron chi connectivity index (χ3n) is 3.08. The predicted octanol–water partition coefficient (Wildman–Crippen LogP) is 3.94. The van der Waals surface area contributed by atoms with Gasteiger partial charge in [0, 0.05) is 5.56 Å². The molecule has 0 heterocycles. The van der Waals surface area contributed by atoms with E-state index >= 15 is 0 Å². The number of Topliss-reactive ketones (excluding diaryl/α,β-unsaturated/α-hetero) is 1. The first-order valence-corrected chi connectivity index (χ1v) is 7.10. The van der Waals surface area contributed by atoms with E-state index in [9.17, 15) is 9.59 Å². The number of hydrogen-bond acceptors (Lipinski definition) is 3. The van der Waals surface area contributed by atoms with E-state index in [-0.39, 0.29) is 6.10 Å². The van der Waals surface area contributed by atoms with E-state index < -0.39 is 11.8 Å². The lowest BCUT2D eigenvalue weighted by Crippen LogP contribution is -2.24. The van der Waals surface area contributed by atoms with Gasteiger partial charge in [-0.15, -0.1) is 0 Å². The molecule has 0 fully saturated rings. The zero-order valence-corrected chi connectivity index (χ0v) is 12.2. The van der Waals surface area contributed by atoms with Crippen LogP contribution in [0.15, 0.2) is 42.5 Å². The highest BCUT2D eigenvalue weighted by Crippen LogP contribution is 2.11. The van der Waals surface area contributed by atoms with Crippen LogP contribution < -0.4 is 0 Å². The van der Waals surface area contributed by atoms with Crippen molar-refractivity contribution in [2.45, 2.75) is 45.6 Å². The minimum absolute atomic E-state index is 0.180. The molecule has 0 bridgehead atoms. The second kappa shape index (κ2) is 9.08. The molecular formula is C17H22O3. The van der Waals surface area contributed by atoms with Crippen molar-refractivity contribution in [1.29, 1.82) is 0 Å². The quantitative estimate of drug-likeness (QED) is 0.237. The summed E-state index contributed by atoms with van der Waals surface area (Å²) in [5, 5.41) is 0. The largest absolute Gasteiger partial charge is 0.456 e. The SMILES string of the molecule is C/C=C/CCCC(CC)OC(=O)C(=O)c1ccccc1. The van der Waals surface area contributed by atoms with E-state index in [4.69, 9.17) is 4.74 Å². The van der Waals surface area contributed by atoms with Crippen molar-refractivity contribution in [3.63, 3.8) is 0 Å². The first kappa shape index (κ1) is 16.2. The molecule has 1 atom stereocenters. The number of carbonyl (C=O) groups excluding carboxylic acids is 2. The Morgan fingerprint density at radius 1 is 1.25 bits per heavy atom. The van der Waals surface area contributed by atoms with E-state index in [0.29, 0.717) is 5.56 Å². The Bertz CT molecular complexity index is 449. The summed E-state index contributed by atoms with van der Waals surface area (Å²) in [6.07, 6.45) is 7.35. The Kier molecular flexibility index (Phi) is 7.33. The summed E-state index contributed by atoms with van der Waals surface area (Å²) in [5.74, 6) is -1.33. The second-order valence-corrected chi connectivity index (χ2v) is 4.63. The summed E-state index contributed by atoms with van der Waals surface area (Å²) in [7, 11) is 0. The van der Waals surface area contributed by atoms with Gasteiger partial charge >= 0.3 is 5.97 Å². The van der Waals surface area contributed by atoms with Crippen LogP contribution in [0.1, 0.15) is 49.9 Å². The van der Waals surface area contributed by atoms with Gasteiger partial charge in [0.25, 0.3) is 5.78 Å². The highest BCUT2D eigenvalue weighted by molar-refractivity contribution is 6.40. The Morgan fingerprint density at radius 2 is 1.95 bits per heavy atom. The van der Waals surface area contributed by atoms with Crippen molar-refractivity contribution < 1.29 is 14.3 Å². The maximum absolute atomic E-state index is 11.9. The molecule has 0 aromatic heterocycles. The van der Waals surface area contributed by atoms with Gasteiger partial charge in [0.05, 0.1) is 0 Å². The van der Waals surface area contributed by atoms with Crippen LogP contribution in [0.3, 0.4) is 0 Å². The molecule has 0 spiro atoms. The molecule has 0 amide bonds. The number of ether oxygens (including phenoxy) is 1. The molecule has 108 valence electrons. The molecule has 0 saturated heterocycles. The van der Waals surface area contributed by atoms with E-state index in [1.807, 2.05) is 19.9 Å². The van der Waals surface area contributed by atoms with Gasteiger partial charge in [0.15, 0.2) is 0 Å². The number of ketones is 1. The van der Waals surface area contributed by atoms with Gasteiger partial charge in [-0.3, -0.25) is 4.79 Å². The van der Waals surface area contributed by atoms with Crippen LogP contribution in [0.25, 0.3) is 0 Å². The molecule has 0 radical (unpaired) electrons. The lowest BCUT2D eigenvalue weighted by atomic mass is 10.1. The molecule has 1 aromatic carbocycles. The minimum Gasteiger partial charge on any atom is -0.456 e. The first-order valence-electron chi connectivity index (χ1n) is 7.10. The van der Waals surface area contributed by atoms with Crippen LogP contribution >= 0.6 is 0 Å². The molecule has 0 aliphatic carbocycles. The average Bonchev–Trinajstić information content (AvgIpc) is 2.50. The van der Waals surface area contributed by atoms with Gasteiger partial charge in [0.1, 0.15) is 6.10 Å². The van der Waals surface area contributed by atoms with Crippen LogP contribution in [0.2, 0.25) is 0 Å². The molecule has 20 heavy (non-hydrogen) atoms. The average molecular weight is 274 g/mol. The summed E-state index contributed by atoms with van der Waals surface area (Å²) in [5.41, 5.74) is 0.376. The molecule has 1 aromatic rings. The number of unbranched alkanes of at least 4 members (excludes halogenated alkanes) is 1. The van der Waals surface area contributed by atoms with Crippen LogP contribution in [0.5, 0.6) is 0 Å². The summed E-state index contributed by atoms with van der Waals surface area (Å²) >= 11 is 0. The third-order valence-corrected chi connectivity index (χ3v) is 3.08. The van der Waals surface area contributed by atoms with Gasteiger partial charge in [0.2, 0.25) is 0 Å². The van der Waals surface area contributed by atoms with Crippen molar-refractivity contribution in [1.82, 2.24) is 0 Å². The highest BCUT2D eigenvalue weighted by atomic mass is 16.5. The molecule has 3 nitrogen and oxygen atoms in total. The standard InChI is InChI=1S/C17H22O3/c1-3-5-6-10-13-15(4-2)20-17(19)16(18)14-11-8-7-9-12-14/h3,5,7-9,11-12,15H,4,6,10,13H2,1-2H3/b5-3+. The van der Waals surface area contributed by atoms with Crippen LogP contribution in [0.4, 0.5) is 0 Å². The predicted molar refractivity (Wildman–Crippen MR) is 79.6 cm³/mol. The van der Waals surface area contributed by atoms with Crippen molar-refractivity contribution in [2.24, 2.45) is 0 Å². The molecular weight excluding hydrogens is 252 g/mol. The van der Waals surface area contributed by atoms with Crippen LogP contribution in [-0.2, 0) is 9.53 Å². The van der Waals surface area contributed by atoms with Crippen molar-refractivity contribution in [3.8, 4) is 0 Å². The van der Waals surface area contributed by atoms with Crippen LogP contribution in [0, 0.1) is 0 Å². The number of rotatable bonds is 8. The minimum atomic E-state index is -0.755. The lowest BCUT2D eigenvalue weighted by Gasteiger charge is -2.15. The Balaban J connectivity index is 2.48. The fraction of sp³-hybridized carbons (Fsp3) is 0.412. The van der Waals surface area contributed by atoms with E-state index in [1.165, 1.54) is 0 Å². The third kappa shape index (κ3) is 5.39. The van der Waals surface area contributed by atoms with Gasteiger partial charge in [-0.2, -0.15) is 0 Å². The summed E-state index contributed by atoms with van der Waals surface area (Å²) in [4.78, 5) is 23.7. The maximum Gasteiger partial charge on any atom is 0.379 e. The normalized spacial score (nSPS) is 12.3. The van der Waals surface area contributed by atoms with E-state index in [1.54, 1.807) is 30.3 Å². The number of esters is 1. The fourth-order valence-electron chi connectivity index (χ4n) is 1.89. The number of benzene rings is 1. The fourth-order valence-corrected chi connectivity index (χ4v) is 1.89. The zero-order valence-electron chi connectivity index (χ0n) is 12.2. The Labute approximate surface area is 120 Å². The van der Waals surface area contributed by atoms with Crippen molar-refractivity contribution in [3.05, 3.63) is 48.0 Å². The van der Waals surface area contributed by atoms with Gasteiger partial charge in [-0.05, 0) is 32.6 Å². The molecule has 0 aliphatic rings. The van der Waals surface area contributed by atoms with Crippen molar-refractivity contribution >= 4 is 11.8 Å². The Hall–Kier alpha value is -1.90. The van der Waals surface area contributed by atoms with E-state index in [0.717, 1.165) is 25.7 Å². The molecule has 0 N–H and O–H groups in total. The topological polar surface area (TPSA) is 43.4 Å².